The Morgan fingerprint density at radius 3 is 2.52 bits per heavy atom. The second kappa shape index (κ2) is 7.48. The fraction of sp³-hybridized carbons (Fsp3) is 0.273. The number of carbonyl (C=O) groups excluding carboxylic acids is 1. The summed E-state index contributed by atoms with van der Waals surface area (Å²) < 4.78 is 38.4. The molecule has 2 heterocycles. The number of aromatic nitrogens is 1. The van der Waals surface area contributed by atoms with E-state index in [1.165, 1.54) is 18.3 Å². The van der Waals surface area contributed by atoms with Crippen LogP contribution >= 0.6 is 0 Å². The van der Waals surface area contributed by atoms with Gasteiger partial charge >= 0.3 is 6.18 Å². The average molecular weight is 399 g/mol. The summed E-state index contributed by atoms with van der Waals surface area (Å²) >= 11 is 0. The van der Waals surface area contributed by atoms with E-state index < -0.39 is 11.7 Å². The molecule has 4 nitrogen and oxygen atoms in total. The van der Waals surface area contributed by atoms with Crippen LogP contribution in [-0.2, 0) is 6.18 Å². The number of nitrogens with zero attached hydrogens (tertiary/aromatic N) is 1. The van der Waals surface area contributed by atoms with Gasteiger partial charge in [-0.3, -0.25) is 9.78 Å². The van der Waals surface area contributed by atoms with Crippen molar-refractivity contribution in [3.8, 4) is 11.1 Å². The van der Waals surface area contributed by atoms with Gasteiger partial charge in [-0.1, -0.05) is 30.3 Å². The highest BCUT2D eigenvalue weighted by Gasteiger charge is 2.30. The van der Waals surface area contributed by atoms with E-state index in [2.05, 4.69) is 15.6 Å². The molecule has 0 unspecified atom stereocenters. The number of rotatable bonds is 4. The smallest absolute Gasteiger partial charge is 0.349 e. The van der Waals surface area contributed by atoms with Crippen LogP contribution in [0.1, 0.15) is 22.8 Å². The summed E-state index contributed by atoms with van der Waals surface area (Å²) in [4.78, 5) is 17.0. The minimum absolute atomic E-state index is 0.0675. The number of para-hydroxylation sites is 1. The van der Waals surface area contributed by atoms with Crippen molar-refractivity contribution in [2.45, 2.75) is 19.1 Å². The molecular weight excluding hydrogens is 379 g/mol. The second-order valence-electron chi connectivity index (χ2n) is 7.36. The molecule has 0 saturated carbocycles. The third-order valence-electron chi connectivity index (χ3n) is 5.38. The normalized spacial score (nSPS) is 15.7. The number of alkyl halides is 3. The maximum absolute atomic E-state index is 12.8. The lowest BCUT2D eigenvalue weighted by molar-refractivity contribution is -0.137. The van der Waals surface area contributed by atoms with E-state index in [-0.39, 0.29) is 11.9 Å². The Labute approximate surface area is 166 Å². The number of pyridine rings is 1. The molecule has 1 amide bonds. The molecule has 1 aliphatic rings. The molecule has 1 aromatic heterocycles. The van der Waals surface area contributed by atoms with E-state index in [1.54, 1.807) is 12.1 Å². The Hall–Kier alpha value is -2.93. The lowest BCUT2D eigenvalue weighted by Gasteiger charge is -2.33. The highest BCUT2D eigenvalue weighted by molar-refractivity contribution is 6.00. The Balaban J connectivity index is 1.61. The molecule has 7 heteroatoms. The highest BCUT2D eigenvalue weighted by Crippen LogP contribution is 2.33. The number of hydrogen-bond donors (Lipinski definition) is 2. The van der Waals surface area contributed by atoms with Crippen LogP contribution in [0.4, 0.5) is 13.2 Å². The average Bonchev–Trinajstić information content (AvgIpc) is 2.65. The highest BCUT2D eigenvalue weighted by atomic mass is 19.4. The first kappa shape index (κ1) is 19.4. The predicted octanol–water partition coefficient (Wildman–Crippen LogP) is 4.26. The maximum atomic E-state index is 12.8. The number of halogens is 3. The quantitative estimate of drug-likeness (QED) is 0.689. The maximum Gasteiger partial charge on any atom is 0.416 e. The van der Waals surface area contributed by atoms with Crippen molar-refractivity contribution < 1.29 is 18.0 Å². The Kier molecular flexibility index (Phi) is 5.00. The van der Waals surface area contributed by atoms with Gasteiger partial charge in [-0.05, 0) is 30.7 Å². The standard InChI is InChI=1S/C22H20F3N3O/c1-13(17-10-26-11-17)28-21(29)16-9-15-3-2-4-19(20(15)27-12-16)14-5-7-18(8-6-14)22(23,24)25/h2-9,12-13,17,26H,10-11H2,1H3,(H,28,29)/t13-/m1/s1. The van der Waals surface area contributed by atoms with Gasteiger partial charge in [-0.25, -0.2) is 0 Å². The third-order valence-corrected chi connectivity index (χ3v) is 5.38. The molecule has 150 valence electrons. The zero-order valence-corrected chi connectivity index (χ0v) is 15.8. The topological polar surface area (TPSA) is 54.0 Å². The largest absolute Gasteiger partial charge is 0.416 e. The molecule has 29 heavy (non-hydrogen) atoms. The molecular formula is C22H20F3N3O. The number of carbonyl (C=O) groups is 1. The molecule has 2 N–H and O–H groups in total. The summed E-state index contributed by atoms with van der Waals surface area (Å²) in [7, 11) is 0. The van der Waals surface area contributed by atoms with Gasteiger partial charge in [0.1, 0.15) is 0 Å². The fourth-order valence-corrected chi connectivity index (χ4v) is 3.43. The molecule has 0 spiro atoms. The zero-order chi connectivity index (χ0) is 20.6. The second-order valence-corrected chi connectivity index (χ2v) is 7.36. The van der Waals surface area contributed by atoms with Crippen LogP contribution < -0.4 is 10.6 Å². The molecule has 1 aliphatic heterocycles. The van der Waals surface area contributed by atoms with Gasteiger partial charge in [0.05, 0.1) is 16.6 Å². The number of fused-ring (bicyclic) bond motifs is 1. The molecule has 0 bridgehead atoms. The summed E-state index contributed by atoms with van der Waals surface area (Å²) in [5, 5.41) is 6.95. The molecule has 0 radical (unpaired) electrons. The first-order valence-corrected chi connectivity index (χ1v) is 9.41. The van der Waals surface area contributed by atoms with Crippen molar-refractivity contribution in [2.75, 3.05) is 13.1 Å². The lowest BCUT2D eigenvalue weighted by Crippen LogP contribution is -2.53. The Morgan fingerprint density at radius 2 is 1.90 bits per heavy atom. The van der Waals surface area contributed by atoms with Crippen molar-refractivity contribution in [1.29, 1.82) is 0 Å². The molecule has 1 atom stereocenters. The molecule has 0 aliphatic carbocycles. The lowest BCUT2D eigenvalue weighted by atomic mass is 9.95. The number of nitrogens with one attached hydrogen (secondary N) is 2. The number of amides is 1. The van der Waals surface area contributed by atoms with Crippen LogP contribution in [-0.4, -0.2) is 30.0 Å². The number of hydrogen-bond acceptors (Lipinski definition) is 3. The van der Waals surface area contributed by atoms with E-state index in [1.807, 2.05) is 19.1 Å². The summed E-state index contributed by atoms with van der Waals surface area (Å²) in [5.74, 6) is 0.248. The van der Waals surface area contributed by atoms with Gasteiger partial charge < -0.3 is 10.6 Å². The van der Waals surface area contributed by atoms with Gasteiger partial charge in [0, 0.05) is 42.2 Å². The van der Waals surface area contributed by atoms with Crippen molar-refractivity contribution in [1.82, 2.24) is 15.6 Å². The first-order chi connectivity index (χ1) is 13.8. The van der Waals surface area contributed by atoms with E-state index >= 15 is 0 Å². The van der Waals surface area contributed by atoms with Gasteiger partial charge in [-0.2, -0.15) is 13.2 Å². The van der Waals surface area contributed by atoms with Crippen molar-refractivity contribution >= 4 is 16.8 Å². The summed E-state index contributed by atoms with van der Waals surface area (Å²) in [6, 6.07) is 12.3. The molecule has 2 aromatic carbocycles. The van der Waals surface area contributed by atoms with E-state index in [9.17, 15) is 18.0 Å². The summed E-state index contributed by atoms with van der Waals surface area (Å²) in [5.41, 5.74) is 1.77. The zero-order valence-electron chi connectivity index (χ0n) is 15.8. The molecule has 1 fully saturated rings. The molecule has 4 rings (SSSR count). The predicted molar refractivity (Wildman–Crippen MR) is 105 cm³/mol. The molecule has 3 aromatic rings. The van der Waals surface area contributed by atoms with Crippen LogP contribution in [0.5, 0.6) is 0 Å². The van der Waals surface area contributed by atoms with E-state index in [0.29, 0.717) is 22.6 Å². The SMILES string of the molecule is C[C@@H](NC(=O)c1cnc2c(-c3ccc(C(F)(F)F)cc3)cccc2c1)C1CNC1. The van der Waals surface area contributed by atoms with Gasteiger partial charge in [0.2, 0.25) is 0 Å². The molecule has 1 saturated heterocycles. The van der Waals surface area contributed by atoms with Crippen molar-refractivity contribution in [2.24, 2.45) is 5.92 Å². The van der Waals surface area contributed by atoms with Crippen LogP contribution in [0.2, 0.25) is 0 Å². The first-order valence-electron chi connectivity index (χ1n) is 9.41. The minimum atomic E-state index is -4.37. The van der Waals surface area contributed by atoms with Crippen LogP contribution in [0.15, 0.2) is 54.7 Å². The van der Waals surface area contributed by atoms with Gasteiger partial charge in [0.15, 0.2) is 0 Å². The van der Waals surface area contributed by atoms with Gasteiger partial charge in [-0.15, -0.1) is 0 Å². The fourth-order valence-electron chi connectivity index (χ4n) is 3.43. The van der Waals surface area contributed by atoms with Crippen LogP contribution in [0, 0.1) is 5.92 Å². The monoisotopic (exact) mass is 399 g/mol. The van der Waals surface area contributed by atoms with E-state index in [4.69, 9.17) is 0 Å². The Bertz CT molecular complexity index is 1040. The van der Waals surface area contributed by atoms with Gasteiger partial charge in [0.25, 0.3) is 5.91 Å². The third kappa shape index (κ3) is 3.96. The van der Waals surface area contributed by atoms with Crippen molar-refractivity contribution in [3.63, 3.8) is 0 Å². The van der Waals surface area contributed by atoms with E-state index in [0.717, 1.165) is 36.2 Å². The van der Waals surface area contributed by atoms with Crippen LogP contribution in [0.25, 0.3) is 22.0 Å². The van der Waals surface area contributed by atoms with Crippen LogP contribution in [0.3, 0.4) is 0 Å². The van der Waals surface area contributed by atoms with Crippen molar-refractivity contribution in [3.05, 3.63) is 65.9 Å². The summed E-state index contributed by atoms with van der Waals surface area (Å²) in [6.45, 7) is 3.78. The summed E-state index contributed by atoms with van der Waals surface area (Å²) in [6.07, 6.45) is -2.86. The Morgan fingerprint density at radius 1 is 1.17 bits per heavy atom. The number of benzene rings is 2. The minimum Gasteiger partial charge on any atom is -0.349 e.